The predicted octanol–water partition coefficient (Wildman–Crippen LogP) is 4.43. The zero-order valence-electron chi connectivity index (χ0n) is 14.8. The Bertz CT molecular complexity index is 619. The van der Waals surface area contributed by atoms with Crippen LogP contribution in [0.1, 0.15) is 47.1 Å². The molecule has 5 atom stereocenters. The number of ketones is 1. The molecule has 3 rings (SSSR count). The highest BCUT2D eigenvalue weighted by Gasteiger charge is 2.87. The standard InChI is InChI=1S/C20H27O2/c1-12-13(2)18(4)17(21)19(5,20(18,6)14(12)3)15-8-10-16(22-7)11-9-15/h8-12,14H,1-7H3/q+1. The van der Waals surface area contributed by atoms with E-state index in [4.69, 9.17) is 4.74 Å². The van der Waals surface area contributed by atoms with Gasteiger partial charge in [-0.15, -0.1) is 0 Å². The van der Waals surface area contributed by atoms with Crippen LogP contribution in [0.5, 0.6) is 5.75 Å². The third kappa shape index (κ3) is 1.29. The van der Waals surface area contributed by atoms with Crippen molar-refractivity contribution in [3.8, 4) is 5.75 Å². The maximum Gasteiger partial charge on any atom is 0.194 e. The molecule has 2 fully saturated rings. The maximum absolute atomic E-state index is 13.3. The summed E-state index contributed by atoms with van der Waals surface area (Å²) in [5, 5.41) is 0. The lowest BCUT2D eigenvalue weighted by Gasteiger charge is -2.61. The highest BCUT2D eigenvalue weighted by molar-refractivity contribution is 6.05. The molecule has 0 N–H and O–H groups in total. The zero-order chi connectivity index (χ0) is 16.5. The van der Waals surface area contributed by atoms with Gasteiger partial charge in [0.25, 0.3) is 0 Å². The van der Waals surface area contributed by atoms with Crippen LogP contribution >= 0.6 is 0 Å². The maximum atomic E-state index is 13.3. The molecule has 1 aromatic carbocycles. The number of carbonyl (C=O) groups is 1. The van der Waals surface area contributed by atoms with Crippen LogP contribution in [-0.4, -0.2) is 12.9 Å². The average Bonchev–Trinajstić information content (AvgIpc) is 2.67. The number of hydrogen-bond acceptors (Lipinski definition) is 2. The predicted molar refractivity (Wildman–Crippen MR) is 88.8 cm³/mol. The molecule has 2 aliphatic rings. The minimum atomic E-state index is -0.417. The number of methoxy groups -OCH3 is 1. The van der Waals surface area contributed by atoms with Crippen molar-refractivity contribution in [2.24, 2.45) is 22.7 Å². The molecule has 0 aromatic heterocycles. The summed E-state index contributed by atoms with van der Waals surface area (Å²) in [5.41, 5.74) is 0.377. The van der Waals surface area contributed by atoms with Gasteiger partial charge >= 0.3 is 0 Å². The van der Waals surface area contributed by atoms with Gasteiger partial charge in [0.2, 0.25) is 0 Å². The third-order valence-electron chi connectivity index (χ3n) is 7.79. The largest absolute Gasteiger partial charge is 0.497 e. The lowest BCUT2D eigenvalue weighted by molar-refractivity contribution is -0.175. The number of carbonyl (C=O) groups excluding carboxylic acids is 1. The van der Waals surface area contributed by atoms with Gasteiger partial charge in [0.05, 0.1) is 19.4 Å². The summed E-state index contributed by atoms with van der Waals surface area (Å²) >= 11 is 0. The Morgan fingerprint density at radius 1 is 1.09 bits per heavy atom. The van der Waals surface area contributed by atoms with Crippen LogP contribution in [0.25, 0.3) is 0 Å². The van der Waals surface area contributed by atoms with Gasteiger partial charge in [-0.1, -0.05) is 26.0 Å². The van der Waals surface area contributed by atoms with E-state index >= 15 is 0 Å². The summed E-state index contributed by atoms with van der Waals surface area (Å²) in [6.45, 7) is 13.4. The van der Waals surface area contributed by atoms with E-state index in [0.717, 1.165) is 11.3 Å². The van der Waals surface area contributed by atoms with Crippen molar-refractivity contribution in [2.75, 3.05) is 7.11 Å². The molecule has 5 unspecified atom stereocenters. The van der Waals surface area contributed by atoms with Crippen LogP contribution < -0.4 is 4.74 Å². The molecular formula is C20H27O2+. The first-order valence-corrected chi connectivity index (χ1v) is 8.20. The number of Topliss-reactive ketones (excluding diaryl/α,β-unsaturated/α-hetero) is 1. The molecule has 0 amide bonds. The molecule has 1 aromatic rings. The van der Waals surface area contributed by atoms with Gasteiger partial charge in [-0.05, 0) is 38.5 Å². The fourth-order valence-corrected chi connectivity index (χ4v) is 5.59. The monoisotopic (exact) mass is 299 g/mol. The van der Waals surface area contributed by atoms with Gasteiger partial charge in [-0.2, -0.15) is 0 Å². The zero-order valence-corrected chi connectivity index (χ0v) is 14.8. The summed E-state index contributed by atoms with van der Waals surface area (Å²) in [4.78, 5) is 13.3. The van der Waals surface area contributed by atoms with E-state index in [2.05, 4.69) is 53.7 Å². The Balaban J connectivity index is 2.13. The van der Waals surface area contributed by atoms with Gasteiger partial charge in [0.15, 0.2) is 11.2 Å². The molecule has 0 radical (unpaired) electrons. The number of benzene rings is 1. The minimum Gasteiger partial charge on any atom is -0.497 e. The lowest BCUT2D eigenvalue weighted by atomic mass is 9.34. The van der Waals surface area contributed by atoms with Crippen LogP contribution in [0.4, 0.5) is 0 Å². The molecule has 2 heteroatoms. The SMILES string of the molecule is COc1ccc(C2(C)C(=O)C3(C)[C+](C)C(C)C(C)C23C)cc1. The second-order valence-corrected chi connectivity index (χ2v) is 7.77. The number of fused-ring (bicyclic) bond motifs is 1. The van der Waals surface area contributed by atoms with Crippen LogP contribution in [-0.2, 0) is 10.2 Å². The van der Waals surface area contributed by atoms with Gasteiger partial charge in [0.1, 0.15) is 17.6 Å². The molecule has 0 aliphatic heterocycles. The van der Waals surface area contributed by atoms with Crippen molar-refractivity contribution in [1.29, 1.82) is 0 Å². The Labute approximate surface area is 134 Å². The first-order chi connectivity index (χ1) is 10.2. The van der Waals surface area contributed by atoms with Crippen molar-refractivity contribution in [3.05, 3.63) is 35.7 Å². The molecule has 0 saturated heterocycles. The van der Waals surface area contributed by atoms with E-state index in [1.54, 1.807) is 7.11 Å². The second kappa shape index (κ2) is 4.31. The van der Waals surface area contributed by atoms with Crippen LogP contribution in [0.2, 0.25) is 0 Å². The van der Waals surface area contributed by atoms with Crippen molar-refractivity contribution >= 4 is 5.78 Å². The lowest BCUT2D eigenvalue weighted by Crippen LogP contribution is -2.72. The van der Waals surface area contributed by atoms with E-state index < -0.39 is 5.41 Å². The van der Waals surface area contributed by atoms with Gasteiger partial charge < -0.3 is 4.74 Å². The van der Waals surface area contributed by atoms with Crippen molar-refractivity contribution in [2.45, 2.75) is 47.0 Å². The smallest absolute Gasteiger partial charge is 0.194 e. The number of ether oxygens (including phenoxy) is 1. The highest BCUT2D eigenvalue weighted by Crippen LogP contribution is 2.78. The molecule has 0 heterocycles. The molecule has 22 heavy (non-hydrogen) atoms. The Hall–Kier alpha value is -1.44. The Morgan fingerprint density at radius 3 is 2.14 bits per heavy atom. The van der Waals surface area contributed by atoms with E-state index in [9.17, 15) is 4.79 Å². The highest BCUT2D eigenvalue weighted by atomic mass is 16.5. The van der Waals surface area contributed by atoms with E-state index in [-0.39, 0.29) is 10.8 Å². The molecule has 2 nitrogen and oxygen atoms in total. The molecule has 2 aliphatic carbocycles. The average molecular weight is 299 g/mol. The molecule has 0 bridgehead atoms. The second-order valence-electron chi connectivity index (χ2n) is 7.77. The van der Waals surface area contributed by atoms with E-state index in [0.29, 0.717) is 17.6 Å². The minimum absolute atomic E-state index is 0.0326. The summed E-state index contributed by atoms with van der Waals surface area (Å²) in [7, 11) is 1.67. The topological polar surface area (TPSA) is 26.3 Å². The third-order valence-corrected chi connectivity index (χ3v) is 7.79. The Morgan fingerprint density at radius 2 is 1.64 bits per heavy atom. The normalized spacial score (nSPS) is 43.8. The first kappa shape index (κ1) is 15.5. The summed E-state index contributed by atoms with van der Waals surface area (Å²) in [6.07, 6.45) is 0. The van der Waals surface area contributed by atoms with Crippen molar-refractivity contribution in [3.63, 3.8) is 0 Å². The fourth-order valence-electron chi connectivity index (χ4n) is 5.59. The van der Waals surface area contributed by atoms with E-state index in [1.807, 2.05) is 12.1 Å². The summed E-state index contributed by atoms with van der Waals surface area (Å²) in [5.74, 6) is 3.55. The summed E-state index contributed by atoms with van der Waals surface area (Å²) in [6, 6.07) is 8.05. The first-order valence-electron chi connectivity index (χ1n) is 8.20. The molecule has 118 valence electrons. The van der Waals surface area contributed by atoms with Crippen molar-refractivity contribution in [1.82, 2.24) is 0 Å². The fraction of sp³-hybridized carbons (Fsp3) is 0.600. The van der Waals surface area contributed by atoms with Crippen molar-refractivity contribution < 1.29 is 9.53 Å². The molecular weight excluding hydrogens is 272 g/mol. The van der Waals surface area contributed by atoms with E-state index in [1.165, 1.54) is 5.92 Å². The van der Waals surface area contributed by atoms with Crippen LogP contribution in [0, 0.1) is 28.6 Å². The van der Waals surface area contributed by atoms with Gasteiger partial charge in [-0.25, -0.2) is 0 Å². The van der Waals surface area contributed by atoms with Gasteiger partial charge in [-0.3, -0.25) is 4.79 Å². The quantitative estimate of drug-likeness (QED) is 0.755. The van der Waals surface area contributed by atoms with Gasteiger partial charge in [0, 0.05) is 11.3 Å². The summed E-state index contributed by atoms with van der Waals surface area (Å²) < 4.78 is 5.26. The van der Waals surface area contributed by atoms with Crippen LogP contribution in [0.3, 0.4) is 0 Å². The number of hydrogen-bond donors (Lipinski definition) is 0. The Kier molecular flexibility index (Phi) is 3.02. The van der Waals surface area contributed by atoms with Crippen LogP contribution in [0.15, 0.2) is 24.3 Å². The number of rotatable bonds is 2. The molecule has 2 saturated carbocycles. The molecule has 0 spiro atoms.